The Morgan fingerprint density at radius 3 is 2.75 bits per heavy atom. The van der Waals surface area contributed by atoms with Gasteiger partial charge in [0.1, 0.15) is 5.75 Å². The summed E-state index contributed by atoms with van der Waals surface area (Å²) in [5.41, 5.74) is 7.17. The van der Waals surface area contributed by atoms with Crippen molar-refractivity contribution in [3.8, 4) is 5.75 Å². The highest BCUT2D eigenvalue weighted by molar-refractivity contribution is 5.39. The number of nitrogens with two attached hydrogens (primary N) is 1. The molecule has 110 valence electrons. The Kier molecular flexibility index (Phi) is 4.58. The van der Waals surface area contributed by atoms with E-state index in [9.17, 15) is 0 Å². The lowest BCUT2D eigenvalue weighted by Gasteiger charge is -2.30. The minimum Gasteiger partial charge on any atom is -0.493 e. The van der Waals surface area contributed by atoms with Crippen LogP contribution in [0.1, 0.15) is 37.2 Å². The van der Waals surface area contributed by atoms with E-state index in [-0.39, 0.29) is 0 Å². The first kappa shape index (κ1) is 13.9. The molecule has 1 aromatic carbocycles. The van der Waals surface area contributed by atoms with E-state index in [4.69, 9.17) is 15.2 Å². The Labute approximate surface area is 121 Å². The number of hydrogen-bond donors (Lipinski definition) is 1. The Morgan fingerprint density at radius 2 is 1.90 bits per heavy atom. The summed E-state index contributed by atoms with van der Waals surface area (Å²) in [7, 11) is 0. The van der Waals surface area contributed by atoms with Gasteiger partial charge in [0.05, 0.1) is 13.2 Å². The molecule has 3 unspecified atom stereocenters. The van der Waals surface area contributed by atoms with Gasteiger partial charge in [0, 0.05) is 18.1 Å². The molecule has 1 saturated carbocycles. The number of fused-ring (bicyclic) bond motifs is 1. The van der Waals surface area contributed by atoms with Crippen molar-refractivity contribution < 1.29 is 9.47 Å². The van der Waals surface area contributed by atoms with Crippen LogP contribution in [0.5, 0.6) is 5.75 Å². The molecule has 2 N–H and O–H groups in total. The number of rotatable bonds is 5. The predicted octanol–water partition coefficient (Wildman–Crippen LogP) is 2.94. The van der Waals surface area contributed by atoms with Gasteiger partial charge < -0.3 is 15.2 Å². The Morgan fingerprint density at radius 1 is 1.10 bits per heavy atom. The molecular formula is C17H25NO2. The van der Waals surface area contributed by atoms with Crippen LogP contribution in [-0.4, -0.2) is 26.4 Å². The van der Waals surface area contributed by atoms with Gasteiger partial charge in [-0.05, 0) is 37.3 Å². The van der Waals surface area contributed by atoms with Crippen molar-refractivity contribution in [3.05, 3.63) is 29.8 Å². The summed E-state index contributed by atoms with van der Waals surface area (Å²) < 4.78 is 11.7. The monoisotopic (exact) mass is 275 g/mol. The van der Waals surface area contributed by atoms with Crippen LogP contribution in [0, 0.1) is 11.8 Å². The summed E-state index contributed by atoms with van der Waals surface area (Å²) in [6.45, 7) is 3.19. The smallest absolute Gasteiger partial charge is 0.123 e. The lowest BCUT2D eigenvalue weighted by Crippen LogP contribution is -2.30. The van der Waals surface area contributed by atoms with Crippen molar-refractivity contribution in [1.82, 2.24) is 0 Å². The molecule has 3 atom stereocenters. The van der Waals surface area contributed by atoms with E-state index in [0.29, 0.717) is 17.8 Å². The molecular weight excluding hydrogens is 250 g/mol. The molecule has 0 saturated heterocycles. The van der Waals surface area contributed by atoms with Crippen molar-refractivity contribution >= 4 is 0 Å². The maximum absolute atomic E-state index is 6.01. The molecule has 0 amide bonds. The van der Waals surface area contributed by atoms with Gasteiger partial charge in [0.2, 0.25) is 0 Å². The van der Waals surface area contributed by atoms with Crippen molar-refractivity contribution in [1.29, 1.82) is 0 Å². The van der Waals surface area contributed by atoms with Crippen LogP contribution in [0.25, 0.3) is 0 Å². The van der Waals surface area contributed by atoms with E-state index < -0.39 is 0 Å². The molecule has 0 radical (unpaired) electrons. The molecule has 1 aromatic rings. The molecule has 3 rings (SSSR count). The Balaban J connectivity index is 1.48. The summed E-state index contributed by atoms with van der Waals surface area (Å²) in [6, 6.07) is 8.29. The molecule has 1 fully saturated rings. The average molecular weight is 275 g/mol. The number of para-hydroxylation sites is 1. The quantitative estimate of drug-likeness (QED) is 0.898. The van der Waals surface area contributed by atoms with Gasteiger partial charge >= 0.3 is 0 Å². The molecule has 1 aliphatic heterocycles. The molecule has 20 heavy (non-hydrogen) atoms. The van der Waals surface area contributed by atoms with Gasteiger partial charge in [-0.3, -0.25) is 0 Å². The van der Waals surface area contributed by atoms with E-state index in [2.05, 4.69) is 12.1 Å². The van der Waals surface area contributed by atoms with E-state index in [1.807, 2.05) is 12.1 Å². The number of ether oxygens (including phenoxy) is 2. The fraction of sp³-hybridized carbons (Fsp3) is 0.647. The Bertz CT molecular complexity index is 435. The second-order valence-electron chi connectivity index (χ2n) is 6.12. The maximum Gasteiger partial charge on any atom is 0.123 e. The maximum atomic E-state index is 6.01. The summed E-state index contributed by atoms with van der Waals surface area (Å²) in [5.74, 6) is 2.74. The molecule has 0 spiro atoms. The zero-order valence-electron chi connectivity index (χ0n) is 12.1. The first-order chi connectivity index (χ1) is 9.88. The zero-order valence-corrected chi connectivity index (χ0v) is 12.1. The highest BCUT2D eigenvalue weighted by Gasteiger charge is 2.26. The van der Waals surface area contributed by atoms with Crippen molar-refractivity contribution in [3.63, 3.8) is 0 Å². The normalized spacial score (nSPS) is 28.9. The minimum absolute atomic E-state index is 0.395. The summed E-state index contributed by atoms with van der Waals surface area (Å²) >= 11 is 0. The fourth-order valence-corrected chi connectivity index (χ4v) is 3.54. The molecule has 3 heteroatoms. The largest absolute Gasteiger partial charge is 0.493 e. The SMILES string of the molecule is NCC1CCCCC1COCC1COc2ccccc21. The lowest BCUT2D eigenvalue weighted by atomic mass is 9.80. The zero-order chi connectivity index (χ0) is 13.8. The van der Waals surface area contributed by atoms with Gasteiger partial charge in [0.25, 0.3) is 0 Å². The van der Waals surface area contributed by atoms with Gasteiger partial charge in [-0.1, -0.05) is 31.0 Å². The van der Waals surface area contributed by atoms with Crippen molar-refractivity contribution in [2.24, 2.45) is 17.6 Å². The highest BCUT2D eigenvalue weighted by Crippen LogP contribution is 2.34. The van der Waals surface area contributed by atoms with Crippen LogP contribution < -0.4 is 10.5 Å². The fourth-order valence-electron chi connectivity index (χ4n) is 3.54. The minimum atomic E-state index is 0.395. The third-order valence-corrected chi connectivity index (χ3v) is 4.82. The molecule has 3 nitrogen and oxygen atoms in total. The second-order valence-corrected chi connectivity index (χ2v) is 6.12. The second kappa shape index (κ2) is 6.59. The predicted molar refractivity (Wildman–Crippen MR) is 80.0 cm³/mol. The molecule has 2 aliphatic rings. The topological polar surface area (TPSA) is 44.5 Å². The van der Waals surface area contributed by atoms with Gasteiger partial charge in [-0.25, -0.2) is 0 Å². The van der Waals surface area contributed by atoms with Crippen LogP contribution in [-0.2, 0) is 4.74 Å². The van der Waals surface area contributed by atoms with Crippen LogP contribution in [0.2, 0.25) is 0 Å². The number of hydrogen-bond acceptors (Lipinski definition) is 3. The molecule has 1 aliphatic carbocycles. The van der Waals surface area contributed by atoms with Crippen LogP contribution in [0.4, 0.5) is 0 Å². The van der Waals surface area contributed by atoms with Crippen molar-refractivity contribution in [2.75, 3.05) is 26.4 Å². The highest BCUT2D eigenvalue weighted by atomic mass is 16.5. The Hall–Kier alpha value is -1.06. The van der Waals surface area contributed by atoms with Gasteiger partial charge in [-0.2, -0.15) is 0 Å². The van der Waals surface area contributed by atoms with Crippen LogP contribution in [0.3, 0.4) is 0 Å². The van der Waals surface area contributed by atoms with E-state index in [1.54, 1.807) is 0 Å². The summed E-state index contributed by atoms with van der Waals surface area (Å²) in [5, 5.41) is 0. The molecule has 0 aromatic heterocycles. The third-order valence-electron chi connectivity index (χ3n) is 4.82. The lowest BCUT2D eigenvalue weighted by molar-refractivity contribution is 0.0502. The van der Waals surface area contributed by atoms with E-state index in [1.165, 1.54) is 31.2 Å². The standard InChI is InChI=1S/C17H25NO2/c18-9-13-5-1-2-6-14(13)10-19-11-15-12-20-17-8-4-3-7-16(15)17/h3-4,7-8,13-15H,1-2,5-6,9-12,18H2. The first-order valence-corrected chi connectivity index (χ1v) is 7.88. The van der Waals surface area contributed by atoms with E-state index in [0.717, 1.165) is 32.1 Å². The van der Waals surface area contributed by atoms with E-state index >= 15 is 0 Å². The van der Waals surface area contributed by atoms with Gasteiger partial charge in [0.15, 0.2) is 0 Å². The molecule has 0 bridgehead atoms. The van der Waals surface area contributed by atoms with Crippen LogP contribution >= 0.6 is 0 Å². The number of benzene rings is 1. The third kappa shape index (κ3) is 2.99. The van der Waals surface area contributed by atoms with Crippen molar-refractivity contribution in [2.45, 2.75) is 31.6 Å². The average Bonchev–Trinajstić information content (AvgIpc) is 2.91. The van der Waals surface area contributed by atoms with Crippen LogP contribution in [0.15, 0.2) is 24.3 Å². The molecule has 1 heterocycles. The first-order valence-electron chi connectivity index (χ1n) is 7.88. The summed E-state index contributed by atoms with van der Waals surface area (Å²) in [4.78, 5) is 0. The van der Waals surface area contributed by atoms with Gasteiger partial charge in [-0.15, -0.1) is 0 Å². The summed E-state index contributed by atoms with van der Waals surface area (Å²) in [6.07, 6.45) is 5.22.